The van der Waals surface area contributed by atoms with Gasteiger partial charge in [0.25, 0.3) is 5.91 Å². The molecule has 1 aromatic carbocycles. The summed E-state index contributed by atoms with van der Waals surface area (Å²) < 4.78 is 5.74. The lowest BCUT2D eigenvalue weighted by molar-refractivity contribution is -0.134. The number of aromatic carboxylic acids is 1. The van der Waals surface area contributed by atoms with Crippen LogP contribution in [0.15, 0.2) is 24.3 Å². The van der Waals surface area contributed by atoms with Gasteiger partial charge in [-0.25, -0.2) is 9.78 Å². The van der Waals surface area contributed by atoms with E-state index in [1.54, 1.807) is 52.0 Å². The van der Waals surface area contributed by atoms with Crippen molar-refractivity contribution in [3.05, 3.63) is 44.9 Å². The molecule has 0 aliphatic carbocycles. The quantitative estimate of drug-likeness (QED) is 0.792. The van der Waals surface area contributed by atoms with Crippen LogP contribution in [0.3, 0.4) is 0 Å². The van der Waals surface area contributed by atoms with E-state index in [9.17, 15) is 9.59 Å². The highest BCUT2D eigenvalue weighted by Crippen LogP contribution is 2.26. The number of hydrogen-bond donors (Lipinski definition) is 2. The standard InChI is InChI=1S/C17H19ClN2O4S/c1-9-13(15(21)22)25-14(19-9)10(2)20-16(23)17(3,4)24-12-7-5-6-11(18)8-12/h5-8,10H,1-4H3,(H,20,23)(H,21,22). The van der Waals surface area contributed by atoms with Gasteiger partial charge in [-0.15, -0.1) is 11.3 Å². The molecule has 134 valence electrons. The van der Waals surface area contributed by atoms with Gasteiger partial charge in [-0.05, 0) is 45.9 Å². The SMILES string of the molecule is Cc1nc(C(C)NC(=O)C(C)(C)Oc2cccc(Cl)c2)sc1C(=O)O. The van der Waals surface area contributed by atoms with Crippen molar-refractivity contribution in [2.45, 2.75) is 39.3 Å². The topological polar surface area (TPSA) is 88.5 Å². The normalized spacial score (nSPS) is 12.5. The Balaban J connectivity index is 2.09. The van der Waals surface area contributed by atoms with E-state index in [4.69, 9.17) is 21.4 Å². The van der Waals surface area contributed by atoms with Crippen LogP contribution in [-0.4, -0.2) is 27.6 Å². The fourth-order valence-electron chi connectivity index (χ4n) is 2.10. The molecule has 25 heavy (non-hydrogen) atoms. The molecule has 2 aromatic rings. The zero-order valence-electron chi connectivity index (χ0n) is 14.3. The van der Waals surface area contributed by atoms with Crippen LogP contribution >= 0.6 is 22.9 Å². The molecule has 8 heteroatoms. The molecule has 0 spiro atoms. The zero-order valence-corrected chi connectivity index (χ0v) is 15.9. The van der Waals surface area contributed by atoms with E-state index in [-0.39, 0.29) is 10.8 Å². The van der Waals surface area contributed by atoms with E-state index < -0.39 is 17.6 Å². The number of nitrogens with zero attached hydrogens (tertiary/aromatic N) is 1. The lowest BCUT2D eigenvalue weighted by atomic mass is 10.1. The largest absolute Gasteiger partial charge is 0.478 e. The Bertz CT molecular complexity index is 804. The van der Waals surface area contributed by atoms with Crippen LogP contribution in [-0.2, 0) is 4.79 Å². The van der Waals surface area contributed by atoms with E-state index in [1.807, 2.05) is 0 Å². The number of rotatable bonds is 6. The molecule has 0 aliphatic rings. The summed E-state index contributed by atoms with van der Waals surface area (Å²) in [4.78, 5) is 28.1. The summed E-state index contributed by atoms with van der Waals surface area (Å²) >= 11 is 6.98. The van der Waals surface area contributed by atoms with Gasteiger partial charge in [0.2, 0.25) is 0 Å². The second kappa shape index (κ2) is 7.41. The van der Waals surface area contributed by atoms with E-state index in [0.29, 0.717) is 21.5 Å². The minimum Gasteiger partial charge on any atom is -0.478 e. The van der Waals surface area contributed by atoms with Crippen molar-refractivity contribution in [1.82, 2.24) is 10.3 Å². The smallest absolute Gasteiger partial charge is 0.347 e. The van der Waals surface area contributed by atoms with Crippen LogP contribution in [0.5, 0.6) is 5.75 Å². The molecule has 2 rings (SSSR count). The number of carboxylic acids is 1. The first kappa shape index (κ1) is 19.2. The fourth-order valence-corrected chi connectivity index (χ4v) is 3.19. The lowest BCUT2D eigenvalue weighted by Crippen LogP contribution is -2.47. The number of thiazole rings is 1. The van der Waals surface area contributed by atoms with Crippen LogP contribution in [0.4, 0.5) is 0 Å². The van der Waals surface area contributed by atoms with Crippen LogP contribution in [0.2, 0.25) is 5.02 Å². The monoisotopic (exact) mass is 382 g/mol. The van der Waals surface area contributed by atoms with Gasteiger partial charge in [-0.3, -0.25) is 4.79 Å². The first-order valence-electron chi connectivity index (χ1n) is 7.56. The summed E-state index contributed by atoms with van der Waals surface area (Å²) in [6.45, 7) is 6.67. The third-order valence-corrected chi connectivity index (χ3v) is 5.00. The molecule has 1 unspecified atom stereocenters. The first-order valence-corrected chi connectivity index (χ1v) is 8.76. The molecule has 1 heterocycles. The van der Waals surface area contributed by atoms with Crippen molar-refractivity contribution in [2.75, 3.05) is 0 Å². The van der Waals surface area contributed by atoms with Crippen molar-refractivity contribution >= 4 is 34.8 Å². The number of ether oxygens (including phenoxy) is 1. The molecule has 0 aliphatic heterocycles. The summed E-state index contributed by atoms with van der Waals surface area (Å²) in [5, 5.41) is 13.0. The van der Waals surface area contributed by atoms with Crippen LogP contribution < -0.4 is 10.1 Å². The van der Waals surface area contributed by atoms with Gasteiger partial charge in [0.05, 0.1) is 11.7 Å². The maximum absolute atomic E-state index is 12.6. The molecule has 0 fully saturated rings. The maximum atomic E-state index is 12.6. The molecule has 1 atom stereocenters. The first-order chi connectivity index (χ1) is 11.6. The summed E-state index contributed by atoms with van der Waals surface area (Å²) in [6.07, 6.45) is 0. The van der Waals surface area contributed by atoms with Crippen LogP contribution in [0.25, 0.3) is 0 Å². The highest BCUT2D eigenvalue weighted by Gasteiger charge is 2.32. The number of halogens is 1. The fraction of sp³-hybridized carbons (Fsp3) is 0.353. The van der Waals surface area contributed by atoms with Gasteiger partial charge in [0.1, 0.15) is 15.6 Å². The molecular weight excluding hydrogens is 364 g/mol. The number of carboxylic acid groups (broad SMARTS) is 1. The number of nitrogens with one attached hydrogen (secondary N) is 1. The molecule has 2 N–H and O–H groups in total. The molecule has 1 aromatic heterocycles. The average Bonchev–Trinajstić information content (AvgIpc) is 2.89. The highest BCUT2D eigenvalue weighted by molar-refractivity contribution is 7.13. The lowest BCUT2D eigenvalue weighted by Gasteiger charge is -2.26. The van der Waals surface area contributed by atoms with Gasteiger partial charge in [0, 0.05) is 5.02 Å². The third-order valence-electron chi connectivity index (χ3n) is 3.44. The Morgan fingerprint density at radius 2 is 2.08 bits per heavy atom. The molecule has 0 saturated carbocycles. The average molecular weight is 383 g/mol. The number of hydrogen-bond acceptors (Lipinski definition) is 5. The Kier molecular flexibility index (Phi) is 5.69. The van der Waals surface area contributed by atoms with Crippen molar-refractivity contribution in [3.63, 3.8) is 0 Å². The molecule has 0 bridgehead atoms. The maximum Gasteiger partial charge on any atom is 0.347 e. The summed E-state index contributed by atoms with van der Waals surface area (Å²) in [5.74, 6) is -0.882. The number of carbonyl (C=O) groups excluding carboxylic acids is 1. The molecule has 6 nitrogen and oxygen atoms in total. The Morgan fingerprint density at radius 3 is 2.64 bits per heavy atom. The van der Waals surface area contributed by atoms with E-state index in [0.717, 1.165) is 11.3 Å². The van der Waals surface area contributed by atoms with Crippen molar-refractivity contribution in [2.24, 2.45) is 0 Å². The van der Waals surface area contributed by atoms with Gasteiger partial charge < -0.3 is 15.2 Å². The van der Waals surface area contributed by atoms with Crippen molar-refractivity contribution < 1.29 is 19.4 Å². The highest BCUT2D eigenvalue weighted by atomic mass is 35.5. The Morgan fingerprint density at radius 1 is 1.40 bits per heavy atom. The Hall–Kier alpha value is -2.12. The predicted molar refractivity (Wildman–Crippen MR) is 96.5 cm³/mol. The van der Waals surface area contributed by atoms with Gasteiger partial charge in [-0.2, -0.15) is 0 Å². The van der Waals surface area contributed by atoms with E-state index in [2.05, 4.69) is 10.3 Å². The number of carbonyl (C=O) groups is 2. The third kappa shape index (κ3) is 4.70. The summed E-state index contributed by atoms with van der Waals surface area (Å²) in [5.41, 5.74) is -0.705. The molecule has 1 amide bonds. The van der Waals surface area contributed by atoms with Gasteiger partial charge >= 0.3 is 5.97 Å². The van der Waals surface area contributed by atoms with E-state index >= 15 is 0 Å². The van der Waals surface area contributed by atoms with Crippen LogP contribution in [0.1, 0.15) is 47.2 Å². The number of aromatic nitrogens is 1. The molecule has 0 radical (unpaired) electrons. The minimum atomic E-state index is -1.14. The van der Waals surface area contributed by atoms with Gasteiger partial charge in [-0.1, -0.05) is 17.7 Å². The second-order valence-corrected chi connectivity index (χ2v) is 7.50. The number of benzene rings is 1. The minimum absolute atomic E-state index is 0.172. The van der Waals surface area contributed by atoms with Crippen molar-refractivity contribution in [3.8, 4) is 5.75 Å². The van der Waals surface area contributed by atoms with Crippen molar-refractivity contribution in [1.29, 1.82) is 0 Å². The number of amides is 1. The molecular formula is C17H19ClN2O4S. The predicted octanol–water partition coefficient (Wildman–Crippen LogP) is 3.84. The molecule has 0 saturated heterocycles. The van der Waals surface area contributed by atoms with Gasteiger partial charge in [0.15, 0.2) is 5.60 Å². The van der Waals surface area contributed by atoms with Crippen LogP contribution in [0, 0.1) is 6.92 Å². The Labute approximate surface area is 154 Å². The summed E-state index contributed by atoms with van der Waals surface area (Å²) in [7, 11) is 0. The number of aryl methyl sites for hydroxylation is 1. The second-order valence-electron chi connectivity index (χ2n) is 6.04. The van der Waals surface area contributed by atoms with E-state index in [1.165, 1.54) is 0 Å². The zero-order chi connectivity index (χ0) is 18.8. The summed E-state index contributed by atoms with van der Waals surface area (Å²) in [6, 6.07) is 6.36.